The van der Waals surface area contributed by atoms with E-state index < -0.39 is 0 Å². The third-order valence-corrected chi connectivity index (χ3v) is 3.32. The van der Waals surface area contributed by atoms with Crippen LogP contribution in [-0.4, -0.2) is 55.8 Å². The van der Waals surface area contributed by atoms with E-state index in [0.29, 0.717) is 0 Å². The highest BCUT2D eigenvalue weighted by Crippen LogP contribution is 2.12. The quantitative estimate of drug-likeness (QED) is 0.742. The third-order valence-electron chi connectivity index (χ3n) is 3.32. The maximum atomic E-state index is 5.42. The highest BCUT2D eigenvalue weighted by Gasteiger charge is 2.15. The van der Waals surface area contributed by atoms with Crippen LogP contribution in [0.15, 0.2) is 24.4 Å². The van der Waals surface area contributed by atoms with Crippen molar-refractivity contribution in [3.63, 3.8) is 0 Å². The Morgan fingerprint density at radius 3 is 2.94 bits per heavy atom. The summed E-state index contributed by atoms with van der Waals surface area (Å²) in [6.07, 6.45) is 3.07. The molecule has 18 heavy (non-hydrogen) atoms. The molecule has 0 aliphatic carbocycles. The van der Waals surface area contributed by atoms with Gasteiger partial charge in [0.2, 0.25) is 0 Å². The van der Waals surface area contributed by atoms with Crippen LogP contribution < -0.4 is 4.90 Å². The lowest BCUT2D eigenvalue weighted by Crippen LogP contribution is -2.33. The zero-order valence-corrected chi connectivity index (χ0v) is 11.2. The standard InChI is InChI=1S/C14H23N3O/c1-2-18-13-12-16-8-5-9-17(11-10-16)14-6-3-4-7-15-14/h3-4,6-7H,2,5,8-13H2,1H3. The summed E-state index contributed by atoms with van der Waals surface area (Å²) in [5.41, 5.74) is 0. The Balaban J connectivity index is 1.81. The Kier molecular flexibility index (Phi) is 5.42. The van der Waals surface area contributed by atoms with E-state index in [2.05, 4.69) is 26.9 Å². The highest BCUT2D eigenvalue weighted by atomic mass is 16.5. The van der Waals surface area contributed by atoms with E-state index in [0.717, 1.165) is 51.8 Å². The van der Waals surface area contributed by atoms with Crippen molar-refractivity contribution in [2.45, 2.75) is 13.3 Å². The van der Waals surface area contributed by atoms with Gasteiger partial charge in [-0.3, -0.25) is 4.90 Å². The molecule has 4 heteroatoms. The van der Waals surface area contributed by atoms with Gasteiger partial charge in [-0.25, -0.2) is 4.98 Å². The molecule has 1 aromatic heterocycles. The van der Waals surface area contributed by atoms with Gasteiger partial charge in [-0.1, -0.05) is 6.07 Å². The van der Waals surface area contributed by atoms with Crippen molar-refractivity contribution >= 4 is 5.82 Å². The number of anilines is 1. The summed E-state index contributed by atoms with van der Waals surface area (Å²) in [5, 5.41) is 0. The maximum Gasteiger partial charge on any atom is 0.128 e. The summed E-state index contributed by atoms with van der Waals surface area (Å²) >= 11 is 0. The van der Waals surface area contributed by atoms with Gasteiger partial charge in [0, 0.05) is 39.0 Å². The second kappa shape index (κ2) is 7.34. The SMILES string of the molecule is CCOCCN1CCCN(c2ccccn2)CC1. The van der Waals surface area contributed by atoms with Crippen LogP contribution >= 0.6 is 0 Å². The van der Waals surface area contributed by atoms with E-state index in [1.807, 2.05) is 19.2 Å². The van der Waals surface area contributed by atoms with E-state index in [1.54, 1.807) is 0 Å². The summed E-state index contributed by atoms with van der Waals surface area (Å²) < 4.78 is 5.42. The molecular formula is C14H23N3O. The lowest BCUT2D eigenvalue weighted by Gasteiger charge is -2.22. The van der Waals surface area contributed by atoms with Gasteiger partial charge in [0.05, 0.1) is 6.61 Å². The first-order chi connectivity index (χ1) is 8.90. The van der Waals surface area contributed by atoms with Crippen molar-refractivity contribution in [1.82, 2.24) is 9.88 Å². The summed E-state index contributed by atoms with van der Waals surface area (Å²) in [5.74, 6) is 1.10. The van der Waals surface area contributed by atoms with Crippen LogP contribution in [0, 0.1) is 0 Å². The van der Waals surface area contributed by atoms with Gasteiger partial charge in [-0.2, -0.15) is 0 Å². The number of aromatic nitrogens is 1. The summed E-state index contributed by atoms with van der Waals surface area (Å²) in [6.45, 7) is 9.18. The summed E-state index contributed by atoms with van der Waals surface area (Å²) in [4.78, 5) is 9.29. The molecule has 0 radical (unpaired) electrons. The van der Waals surface area contributed by atoms with Gasteiger partial charge in [0.1, 0.15) is 5.82 Å². The molecule has 1 saturated heterocycles. The van der Waals surface area contributed by atoms with Gasteiger partial charge in [0.25, 0.3) is 0 Å². The second-order valence-corrected chi connectivity index (χ2v) is 4.57. The molecule has 2 rings (SSSR count). The minimum Gasteiger partial charge on any atom is -0.380 e. The predicted molar refractivity (Wildman–Crippen MR) is 74.0 cm³/mol. The van der Waals surface area contributed by atoms with Crippen LogP contribution in [0.25, 0.3) is 0 Å². The zero-order valence-electron chi connectivity index (χ0n) is 11.2. The van der Waals surface area contributed by atoms with E-state index in [-0.39, 0.29) is 0 Å². The summed E-state index contributed by atoms with van der Waals surface area (Å²) in [6, 6.07) is 6.12. The van der Waals surface area contributed by atoms with Crippen LogP contribution in [0.5, 0.6) is 0 Å². The zero-order chi connectivity index (χ0) is 12.6. The molecule has 1 aliphatic heterocycles. The van der Waals surface area contributed by atoms with E-state index in [9.17, 15) is 0 Å². The number of pyridine rings is 1. The van der Waals surface area contributed by atoms with Crippen LogP contribution in [0.1, 0.15) is 13.3 Å². The Labute approximate surface area is 110 Å². The molecular weight excluding hydrogens is 226 g/mol. The van der Waals surface area contributed by atoms with Gasteiger partial charge < -0.3 is 9.64 Å². The van der Waals surface area contributed by atoms with Gasteiger partial charge in [-0.15, -0.1) is 0 Å². The molecule has 0 spiro atoms. The molecule has 100 valence electrons. The van der Waals surface area contributed by atoms with Crippen LogP contribution in [0.2, 0.25) is 0 Å². The number of ether oxygens (including phenoxy) is 1. The topological polar surface area (TPSA) is 28.6 Å². The fourth-order valence-corrected chi connectivity index (χ4v) is 2.30. The number of hydrogen-bond acceptors (Lipinski definition) is 4. The first kappa shape index (κ1) is 13.3. The van der Waals surface area contributed by atoms with Crippen molar-refractivity contribution in [1.29, 1.82) is 0 Å². The molecule has 4 nitrogen and oxygen atoms in total. The largest absolute Gasteiger partial charge is 0.380 e. The van der Waals surface area contributed by atoms with Crippen LogP contribution in [0.4, 0.5) is 5.82 Å². The monoisotopic (exact) mass is 249 g/mol. The predicted octanol–water partition coefficient (Wildman–Crippen LogP) is 1.63. The molecule has 0 unspecified atom stereocenters. The van der Waals surface area contributed by atoms with Gasteiger partial charge in [-0.05, 0) is 32.0 Å². The van der Waals surface area contributed by atoms with Crippen molar-refractivity contribution in [3.8, 4) is 0 Å². The fourth-order valence-electron chi connectivity index (χ4n) is 2.30. The van der Waals surface area contributed by atoms with Crippen molar-refractivity contribution < 1.29 is 4.74 Å². The van der Waals surface area contributed by atoms with Crippen LogP contribution in [0.3, 0.4) is 0 Å². The Morgan fingerprint density at radius 1 is 1.22 bits per heavy atom. The first-order valence-corrected chi connectivity index (χ1v) is 6.86. The van der Waals surface area contributed by atoms with E-state index >= 15 is 0 Å². The van der Waals surface area contributed by atoms with Gasteiger partial charge in [0.15, 0.2) is 0 Å². The third kappa shape index (κ3) is 3.96. The van der Waals surface area contributed by atoms with Gasteiger partial charge >= 0.3 is 0 Å². The fraction of sp³-hybridized carbons (Fsp3) is 0.643. The molecule has 1 aromatic rings. The average Bonchev–Trinajstić information content (AvgIpc) is 2.66. The smallest absolute Gasteiger partial charge is 0.128 e. The number of nitrogens with zero attached hydrogens (tertiary/aromatic N) is 3. The number of rotatable bonds is 5. The molecule has 0 N–H and O–H groups in total. The minimum absolute atomic E-state index is 0.813. The molecule has 0 amide bonds. The lowest BCUT2D eigenvalue weighted by molar-refractivity contribution is 0.116. The van der Waals surface area contributed by atoms with E-state index in [4.69, 9.17) is 4.74 Å². The normalized spacial score (nSPS) is 17.7. The van der Waals surface area contributed by atoms with Crippen molar-refractivity contribution in [3.05, 3.63) is 24.4 Å². The Bertz CT molecular complexity index is 331. The minimum atomic E-state index is 0.813. The molecule has 1 aliphatic rings. The van der Waals surface area contributed by atoms with Crippen molar-refractivity contribution in [2.75, 3.05) is 50.8 Å². The second-order valence-electron chi connectivity index (χ2n) is 4.57. The maximum absolute atomic E-state index is 5.42. The molecule has 0 saturated carbocycles. The Hall–Kier alpha value is -1.13. The molecule has 0 aromatic carbocycles. The van der Waals surface area contributed by atoms with E-state index in [1.165, 1.54) is 6.42 Å². The average molecular weight is 249 g/mol. The number of hydrogen-bond donors (Lipinski definition) is 0. The molecule has 2 heterocycles. The molecule has 0 atom stereocenters. The molecule has 1 fully saturated rings. The first-order valence-electron chi connectivity index (χ1n) is 6.86. The van der Waals surface area contributed by atoms with Crippen LogP contribution in [-0.2, 0) is 4.74 Å². The highest BCUT2D eigenvalue weighted by molar-refractivity contribution is 5.37. The Morgan fingerprint density at radius 2 is 2.17 bits per heavy atom. The molecule has 0 bridgehead atoms. The van der Waals surface area contributed by atoms with Crippen molar-refractivity contribution in [2.24, 2.45) is 0 Å². The summed E-state index contributed by atoms with van der Waals surface area (Å²) in [7, 11) is 0. The lowest BCUT2D eigenvalue weighted by atomic mass is 10.3.